The van der Waals surface area contributed by atoms with Gasteiger partial charge in [-0.3, -0.25) is 24.1 Å². The highest BCUT2D eigenvalue weighted by atomic mass is 35.5. The molecule has 0 fully saturated rings. The van der Waals surface area contributed by atoms with E-state index >= 15 is 52.7 Å². The van der Waals surface area contributed by atoms with Gasteiger partial charge in [-0.2, -0.15) is 43.9 Å². The van der Waals surface area contributed by atoms with Crippen molar-refractivity contribution in [2.24, 2.45) is 0 Å². The zero-order valence-corrected chi connectivity index (χ0v) is 30.3. The van der Waals surface area contributed by atoms with Crippen molar-refractivity contribution in [3.63, 3.8) is 0 Å². The summed E-state index contributed by atoms with van der Waals surface area (Å²) < 4.78 is 268. The number of hydrogen-bond acceptors (Lipinski definition) is 7. The van der Waals surface area contributed by atoms with E-state index in [0.717, 1.165) is 0 Å². The Hall–Kier alpha value is -7.12. The number of carbonyl (C=O) groups excluding carboxylic acids is 4. The number of ether oxygens (including phenoxy) is 3. The first-order valence-corrected chi connectivity index (χ1v) is 16.4. The summed E-state index contributed by atoms with van der Waals surface area (Å²) in [5.41, 5.74) is -10.1. The molecule has 0 aromatic heterocycles. The van der Waals surface area contributed by atoms with Crippen LogP contribution in [0.4, 0.5) is 80.3 Å². The van der Waals surface area contributed by atoms with E-state index in [4.69, 9.17) is 11.6 Å². The molecule has 2 aliphatic rings. The fourth-order valence-corrected chi connectivity index (χ4v) is 6.22. The van der Waals surface area contributed by atoms with E-state index in [1.165, 1.54) is 0 Å². The number of fused-ring (bicyclic) bond motifs is 2. The second-order valence-corrected chi connectivity index (χ2v) is 12.9. The van der Waals surface area contributed by atoms with Gasteiger partial charge in [-0.05, 0) is 6.92 Å². The van der Waals surface area contributed by atoms with Crippen LogP contribution in [0.15, 0.2) is 0 Å². The minimum absolute atomic E-state index is 0.0567. The van der Waals surface area contributed by atoms with Gasteiger partial charge in [-0.25, -0.2) is 35.6 Å². The van der Waals surface area contributed by atoms with Crippen LogP contribution in [0.25, 0.3) is 0 Å². The van der Waals surface area contributed by atoms with Crippen LogP contribution < -0.4 is 19.1 Å². The smallest absolute Gasteiger partial charge is 0.269 e. The molecule has 2 heterocycles. The van der Waals surface area contributed by atoms with Gasteiger partial charge in [-0.15, -0.1) is 0 Å². The Labute approximate surface area is 338 Å². The third kappa shape index (κ3) is 5.93. The number of imide groups is 2. The minimum atomic E-state index is -3.06. The van der Waals surface area contributed by atoms with Gasteiger partial charge in [0, 0.05) is 12.6 Å². The molecular formula is C36H6ClF17N2O7. The zero-order valence-electron chi connectivity index (χ0n) is 29.6. The summed E-state index contributed by atoms with van der Waals surface area (Å²) in [6.07, 6.45) is 0. The lowest BCUT2D eigenvalue weighted by molar-refractivity contribution is 0.0689. The fourth-order valence-electron chi connectivity index (χ4n) is 5.99. The largest absolute Gasteiger partial charge is 0.445 e. The van der Waals surface area contributed by atoms with Crippen molar-refractivity contribution in [1.82, 2.24) is 4.90 Å². The van der Waals surface area contributed by atoms with Gasteiger partial charge in [0.1, 0.15) is 10.7 Å². The molecule has 9 nitrogen and oxygen atoms in total. The molecular weight excluding hydrogens is 931 g/mol. The topological polar surface area (TPSA) is 102 Å². The molecule has 63 heavy (non-hydrogen) atoms. The molecule has 0 N–H and O–H groups in total. The van der Waals surface area contributed by atoms with Crippen molar-refractivity contribution in [2.45, 2.75) is 6.92 Å². The lowest BCUT2D eigenvalue weighted by atomic mass is 10.1. The summed E-state index contributed by atoms with van der Waals surface area (Å²) in [6, 6.07) is 0. The van der Waals surface area contributed by atoms with Crippen LogP contribution in [-0.4, -0.2) is 35.6 Å². The molecule has 0 bridgehead atoms. The quantitative estimate of drug-likeness (QED) is 0.0693. The summed E-state index contributed by atoms with van der Waals surface area (Å²) in [5, 5.41) is -1.56. The summed E-state index contributed by atoms with van der Waals surface area (Å²) in [4.78, 5) is 49.5. The van der Waals surface area contributed by atoms with Gasteiger partial charge in [0.25, 0.3) is 23.6 Å². The molecule has 0 spiro atoms. The Kier molecular flexibility index (Phi) is 10.3. The Bertz CT molecular complexity index is 2970. The van der Waals surface area contributed by atoms with Crippen molar-refractivity contribution in [3.8, 4) is 34.5 Å². The van der Waals surface area contributed by atoms with Crippen LogP contribution in [-0.2, 0) is 0 Å². The van der Waals surface area contributed by atoms with Crippen molar-refractivity contribution < 1.29 is 108 Å². The SMILES string of the molecule is Cc1c(F)c(Cl)c(F)c(N2C(=O)c3c(F)c(F)c(Oc4c(F)c(F)c(Oc5c(F)c(F)c(Oc6c(F)c(F)c7c(c6F)C(=O)N(C)C7=O)c(F)c5F)c(F)c4F)c(F)c3C2=O)c1F. The maximum absolute atomic E-state index is 15.7. The van der Waals surface area contributed by atoms with Gasteiger partial charge >= 0.3 is 0 Å². The average molecular weight is 937 g/mol. The van der Waals surface area contributed by atoms with E-state index in [2.05, 4.69) is 14.2 Å². The van der Waals surface area contributed by atoms with Crippen molar-refractivity contribution in [3.05, 3.63) is 132 Å². The van der Waals surface area contributed by atoms with E-state index in [1.54, 1.807) is 0 Å². The third-order valence-electron chi connectivity index (χ3n) is 9.09. The first kappa shape index (κ1) is 44.0. The molecule has 7 rings (SSSR count). The van der Waals surface area contributed by atoms with Crippen molar-refractivity contribution in [2.75, 3.05) is 11.9 Å². The van der Waals surface area contributed by atoms with E-state index in [0.29, 0.717) is 14.0 Å². The summed E-state index contributed by atoms with van der Waals surface area (Å²) in [7, 11) is 0.663. The number of carbonyl (C=O) groups is 4. The maximum Gasteiger partial charge on any atom is 0.269 e. The molecule has 0 unspecified atom stereocenters. The number of halogens is 18. The molecule has 4 amide bonds. The summed E-state index contributed by atoms with van der Waals surface area (Å²) >= 11 is 5.40. The van der Waals surface area contributed by atoms with Gasteiger partial charge in [-0.1, -0.05) is 11.6 Å². The Morgan fingerprint density at radius 1 is 0.349 bits per heavy atom. The molecule has 0 saturated heterocycles. The summed E-state index contributed by atoms with van der Waals surface area (Å²) in [6.45, 7) is 0.598. The molecule has 0 atom stereocenters. The maximum atomic E-state index is 15.7. The summed E-state index contributed by atoms with van der Waals surface area (Å²) in [5.74, 6) is -68.8. The van der Waals surface area contributed by atoms with Crippen LogP contribution in [0.5, 0.6) is 34.5 Å². The second kappa shape index (κ2) is 14.8. The number of anilines is 1. The van der Waals surface area contributed by atoms with Gasteiger partial charge in [0.05, 0.1) is 22.3 Å². The molecule has 5 aromatic carbocycles. The van der Waals surface area contributed by atoms with Crippen molar-refractivity contribution >= 4 is 40.9 Å². The van der Waals surface area contributed by atoms with Crippen LogP contribution in [0, 0.1) is 106 Å². The number of hydrogen-bond donors (Lipinski definition) is 0. The van der Waals surface area contributed by atoms with Crippen LogP contribution in [0.3, 0.4) is 0 Å². The Balaban J connectivity index is 1.26. The lowest BCUT2D eigenvalue weighted by Crippen LogP contribution is -2.32. The highest BCUT2D eigenvalue weighted by Crippen LogP contribution is 2.47. The van der Waals surface area contributed by atoms with E-state index in [9.17, 15) is 41.1 Å². The third-order valence-corrected chi connectivity index (χ3v) is 9.42. The fraction of sp³-hybridized carbons (Fsp3) is 0.0556. The predicted molar refractivity (Wildman–Crippen MR) is 169 cm³/mol. The van der Waals surface area contributed by atoms with Crippen LogP contribution in [0.2, 0.25) is 5.02 Å². The van der Waals surface area contributed by atoms with Crippen LogP contribution in [0.1, 0.15) is 47.0 Å². The van der Waals surface area contributed by atoms with E-state index < -0.39 is 200 Å². The first-order chi connectivity index (χ1) is 29.3. The first-order valence-electron chi connectivity index (χ1n) is 16.0. The number of amides is 4. The average Bonchev–Trinajstić information content (AvgIpc) is 3.64. The second-order valence-electron chi connectivity index (χ2n) is 12.5. The highest BCUT2D eigenvalue weighted by molar-refractivity contribution is 6.36. The molecule has 27 heteroatoms. The van der Waals surface area contributed by atoms with Gasteiger partial charge < -0.3 is 14.2 Å². The Morgan fingerprint density at radius 2 is 0.603 bits per heavy atom. The standard InChI is InChI=1S/C36H6ClF17N2O7/c1-3-9(38)8(37)15(44)26(10(3)39)56-35(59)5-7(36(56)60)14(43)28(17(46)12(5)41)62-30-20(49)24(53)32(25(54)21(30)50)63-31-22(51)18(47)29(19(48)23(31)52)61-27-13(42)6-4(11(40)16(27)45)33(57)55(2)34(6)58/h1-2H3. The molecule has 0 saturated carbocycles. The molecule has 328 valence electrons. The molecule has 0 aliphatic carbocycles. The van der Waals surface area contributed by atoms with Gasteiger partial charge in [0.15, 0.2) is 40.7 Å². The lowest BCUT2D eigenvalue weighted by Gasteiger charge is -2.18. The van der Waals surface area contributed by atoms with Crippen molar-refractivity contribution in [1.29, 1.82) is 0 Å². The zero-order chi connectivity index (χ0) is 46.9. The monoisotopic (exact) mass is 936 g/mol. The van der Waals surface area contributed by atoms with Crippen LogP contribution >= 0.6 is 11.6 Å². The minimum Gasteiger partial charge on any atom is -0.445 e. The number of benzene rings is 5. The number of rotatable bonds is 7. The normalized spacial score (nSPS) is 13.5. The molecule has 5 aromatic rings. The molecule has 0 radical (unpaired) electrons. The van der Waals surface area contributed by atoms with Gasteiger partial charge in [0.2, 0.25) is 92.7 Å². The number of nitrogens with zero attached hydrogens (tertiary/aromatic N) is 2. The highest BCUT2D eigenvalue weighted by Gasteiger charge is 2.48. The predicted octanol–water partition coefficient (Wildman–Crippen LogP) is 10.4. The molecule has 2 aliphatic heterocycles. The Morgan fingerprint density at radius 3 is 0.937 bits per heavy atom. The van der Waals surface area contributed by atoms with E-state index in [1.807, 2.05) is 0 Å². The van der Waals surface area contributed by atoms with E-state index in [-0.39, 0.29) is 4.90 Å².